The van der Waals surface area contributed by atoms with Gasteiger partial charge in [0.2, 0.25) is 5.91 Å². The molecule has 2 aromatic rings. The summed E-state index contributed by atoms with van der Waals surface area (Å²) in [5.74, 6) is -0.509. The molecule has 0 aliphatic heterocycles. The first-order valence-electron chi connectivity index (χ1n) is 5.87. The molecule has 0 spiro atoms. The predicted molar refractivity (Wildman–Crippen MR) is 74.1 cm³/mol. The number of amides is 1. The van der Waals surface area contributed by atoms with Crippen LogP contribution < -0.4 is 11.1 Å². The summed E-state index contributed by atoms with van der Waals surface area (Å²) >= 11 is 3.16. The fraction of sp³-hybridized carbons (Fsp3) is 0.231. The molecule has 7 heteroatoms. The quantitative estimate of drug-likeness (QED) is 0.873. The van der Waals surface area contributed by atoms with Crippen LogP contribution in [0.4, 0.5) is 4.39 Å². The number of nitrogens with two attached hydrogens (primary N) is 1. The highest BCUT2D eigenvalue weighted by Crippen LogP contribution is 2.21. The van der Waals surface area contributed by atoms with Gasteiger partial charge in [0.05, 0.1) is 5.69 Å². The minimum atomic E-state index is -0.930. The number of carbonyl (C=O) groups is 1. The van der Waals surface area contributed by atoms with Gasteiger partial charge >= 0.3 is 0 Å². The number of rotatable bonds is 5. The molecule has 0 fully saturated rings. The lowest BCUT2D eigenvalue weighted by Crippen LogP contribution is -2.34. The molecule has 0 aliphatic carbocycles. The molecule has 0 aliphatic rings. The molecule has 20 heavy (non-hydrogen) atoms. The zero-order chi connectivity index (χ0) is 14.7. The van der Waals surface area contributed by atoms with Gasteiger partial charge in [0.15, 0.2) is 0 Å². The lowest BCUT2D eigenvalue weighted by Gasteiger charge is -2.15. The van der Waals surface area contributed by atoms with Crippen LogP contribution >= 0.6 is 15.9 Å². The van der Waals surface area contributed by atoms with Crippen LogP contribution in [-0.2, 0) is 11.3 Å². The predicted octanol–water partition coefficient (Wildman–Crippen LogP) is 2.20. The highest BCUT2D eigenvalue weighted by Gasteiger charge is 2.21. The van der Waals surface area contributed by atoms with E-state index in [1.165, 1.54) is 12.1 Å². The van der Waals surface area contributed by atoms with Crippen LogP contribution in [0.25, 0.3) is 0 Å². The second kappa shape index (κ2) is 6.15. The SMILES string of the molecule is Cc1cc(CN[C@@H](C(N)=O)c2ccc(Br)cc2F)no1. The molecule has 5 nitrogen and oxygen atoms in total. The molecule has 1 atom stereocenters. The number of nitrogens with one attached hydrogen (secondary N) is 1. The van der Waals surface area contributed by atoms with Crippen LogP contribution in [0, 0.1) is 12.7 Å². The Balaban J connectivity index is 2.16. The fourth-order valence-electron chi connectivity index (χ4n) is 1.81. The van der Waals surface area contributed by atoms with E-state index in [4.69, 9.17) is 10.3 Å². The smallest absolute Gasteiger partial charge is 0.239 e. The summed E-state index contributed by atoms with van der Waals surface area (Å²) in [7, 11) is 0. The monoisotopic (exact) mass is 341 g/mol. The normalized spacial score (nSPS) is 12.3. The van der Waals surface area contributed by atoms with Crippen LogP contribution in [0.5, 0.6) is 0 Å². The molecule has 3 N–H and O–H groups in total. The van der Waals surface area contributed by atoms with Crippen molar-refractivity contribution < 1.29 is 13.7 Å². The molecule has 0 bridgehead atoms. The van der Waals surface area contributed by atoms with E-state index < -0.39 is 17.8 Å². The van der Waals surface area contributed by atoms with Gasteiger partial charge in [-0.1, -0.05) is 27.2 Å². The molecule has 0 radical (unpaired) electrons. The van der Waals surface area contributed by atoms with E-state index in [1.807, 2.05) is 0 Å². The third-order valence-corrected chi connectivity index (χ3v) is 3.22. The van der Waals surface area contributed by atoms with Crippen molar-refractivity contribution in [3.63, 3.8) is 0 Å². The maximum Gasteiger partial charge on any atom is 0.239 e. The lowest BCUT2D eigenvalue weighted by molar-refractivity contribution is -0.120. The Bertz CT molecular complexity index is 630. The molecule has 0 saturated heterocycles. The Morgan fingerprint density at radius 3 is 2.85 bits per heavy atom. The number of aromatic nitrogens is 1. The van der Waals surface area contributed by atoms with Gasteiger partial charge in [0, 0.05) is 22.6 Å². The molecule has 0 unspecified atom stereocenters. The molecule has 1 amide bonds. The first-order valence-corrected chi connectivity index (χ1v) is 6.66. The van der Waals surface area contributed by atoms with Crippen molar-refractivity contribution >= 4 is 21.8 Å². The van der Waals surface area contributed by atoms with E-state index in [9.17, 15) is 9.18 Å². The summed E-state index contributed by atoms with van der Waals surface area (Å²) in [5, 5.41) is 6.66. The first-order chi connectivity index (χ1) is 9.47. The number of halogens is 2. The summed E-state index contributed by atoms with van der Waals surface area (Å²) < 4.78 is 19.4. The summed E-state index contributed by atoms with van der Waals surface area (Å²) in [4.78, 5) is 11.5. The molecular weight excluding hydrogens is 329 g/mol. The van der Waals surface area contributed by atoms with Gasteiger partial charge in [-0.25, -0.2) is 4.39 Å². The highest BCUT2D eigenvalue weighted by atomic mass is 79.9. The summed E-state index contributed by atoms with van der Waals surface area (Å²) in [6.45, 7) is 2.01. The molecule has 106 valence electrons. The Kier molecular flexibility index (Phi) is 4.51. The van der Waals surface area contributed by atoms with E-state index >= 15 is 0 Å². The summed E-state index contributed by atoms with van der Waals surface area (Å²) in [6, 6.07) is 5.24. The van der Waals surface area contributed by atoms with Gasteiger partial charge in [-0.05, 0) is 19.1 Å². The van der Waals surface area contributed by atoms with Gasteiger partial charge in [-0.3, -0.25) is 10.1 Å². The third kappa shape index (κ3) is 3.43. The molecule has 1 aromatic carbocycles. The Labute approximate surface area is 123 Å². The first kappa shape index (κ1) is 14.7. The zero-order valence-electron chi connectivity index (χ0n) is 10.7. The minimum Gasteiger partial charge on any atom is -0.368 e. The van der Waals surface area contributed by atoms with Crippen LogP contribution in [0.2, 0.25) is 0 Å². The topological polar surface area (TPSA) is 81.1 Å². The van der Waals surface area contributed by atoms with E-state index in [0.29, 0.717) is 15.9 Å². The number of nitrogens with zero attached hydrogens (tertiary/aromatic N) is 1. The number of carbonyl (C=O) groups excluding carboxylic acids is 1. The standard InChI is InChI=1S/C13H13BrFN3O2/c1-7-4-9(18-20-7)6-17-12(13(16)19)10-3-2-8(14)5-11(10)15/h2-5,12,17H,6H2,1H3,(H2,16,19)/t12-/m1/s1. The van der Waals surface area contributed by atoms with E-state index in [-0.39, 0.29) is 12.1 Å². The average Bonchev–Trinajstić information content (AvgIpc) is 2.77. The van der Waals surface area contributed by atoms with Gasteiger partial charge in [0.1, 0.15) is 17.6 Å². The molecule has 0 saturated carbocycles. The minimum absolute atomic E-state index is 0.195. The van der Waals surface area contributed by atoms with Crippen LogP contribution in [0.3, 0.4) is 0 Å². The highest BCUT2D eigenvalue weighted by molar-refractivity contribution is 9.10. The van der Waals surface area contributed by atoms with Gasteiger partial charge < -0.3 is 10.3 Å². The second-order valence-electron chi connectivity index (χ2n) is 4.31. The van der Waals surface area contributed by atoms with E-state index in [2.05, 4.69) is 26.4 Å². The molecule has 1 aromatic heterocycles. The van der Waals surface area contributed by atoms with Gasteiger partial charge in [0.25, 0.3) is 0 Å². The van der Waals surface area contributed by atoms with Crippen LogP contribution in [0.1, 0.15) is 23.1 Å². The Morgan fingerprint density at radius 1 is 1.55 bits per heavy atom. The Morgan fingerprint density at radius 2 is 2.30 bits per heavy atom. The van der Waals surface area contributed by atoms with E-state index in [0.717, 1.165) is 0 Å². The van der Waals surface area contributed by atoms with Crippen molar-refractivity contribution in [3.8, 4) is 0 Å². The largest absolute Gasteiger partial charge is 0.368 e. The lowest BCUT2D eigenvalue weighted by atomic mass is 10.1. The summed E-state index contributed by atoms with van der Waals surface area (Å²) in [6.07, 6.45) is 0. The zero-order valence-corrected chi connectivity index (χ0v) is 12.3. The number of primary amides is 1. The summed E-state index contributed by atoms with van der Waals surface area (Å²) in [5.41, 5.74) is 6.13. The van der Waals surface area contributed by atoms with Gasteiger partial charge in [-0.2, -0.15) is 0 Å². The second-order valence-corrected chi connectivity index (χ2v) is 5.23. The molecule has 1 heterocycles. The maximum absolute atomic E-state index is 13.9. The van der Waals surface area contributed by atoms with Crippen molar-refractivity contribution in [3.05, 3.63) is 51.6 Å². The van der Waals surface area contributed by atoms with Crippen molar-refractivity contribution in [1.82, 2.24) is 10.5 Å². The molecular formula is C13H13BrFN3O2. The molecule has 2 rings (SSSR count). The number of benzene rings is 1. The number of hydrogen-bond donors (Lipinski definition) is 2. The number of hydrogen-bond acceptors (Lipinski definition) is 4. The van der Waals surface area contributed by atoms with Crippen molar-refractivity contribution in [1.29, 1.82) is 0 Å². The van der Waals surface area contributed by atoms with Crippen LogP contribution in [0.15, 0.2) is 33.3 Å². The van der Waals surface area contributed by atoms with Crippen molar-refractivity contribution in [2.24, 2.45) is 5.73 Å². The average molecular weight is 342 g/mol. The number of aryl methyl sites for hydroxylation is 1. The van der Waals surface area contributed by atoms with Gasteiger partial charge in [-0.15, -0.1) is 0 Å². The maximum atomic E-state index is 13.9. The van der Waals surface area contributed by atoms with Crippen molar-refractivity contribution in [2.75, 3.05) is 0 Å². The van der Waals surface area contributed by atoms with Crippen molar-refractivity contribution in [2.45, 2.75) is 19.5 Å². The third-order valence-electron chi connectivity index (χ3n) is 2.72. The Hall–Kier alpha value is -1.73. The van der Waals surface area contributed by atoms with E-state index in [1.54, 1.807) is 19.1 Å². The van der Waals surface area contributed by atoms with Crippen LogP contribution in [-0.4, -0.2) is 11.1 Å². The fourth-order valence-corrected chi connectivity index (χ4v) is 2.14.